The van der Waals surface area contributed by atoms with E-state index >= 15 is 0 Å². The Balaban J connectivity index is 1.34. The quantitative estimate of drug-likeness (QED) is 0.738. The van der Waals surface area contributed by atoms with Gasteiger partial charge in [0.15, 0.2) is 0 Å². The van der Waals surface area contributed by atoms with Gasteiger partial charge in [0.25, 0.3) is 0 Å². The average molecular weight is 375 g/mol. The summed E-state index contributed by atoms with van der Waals surface area (Å²) in [5.74, 6) is 0.949. The molecule has 0 spiro atoms. The van der Waals surface area contributed by atoms with E-state index in [2.05, 4.69) is 55.1 Å². The van der Waals surface area contributed by atoms with Crippen LogP contribution in [0.4, 0.5) is 5.82 Å². The molecular formula is C22H25N5O. The summed E-state index contributed by atoms with van der Waals surface area (Å²) in [5.41, 5.74) is 4.58. The number of benzene rings is 1. The zero-order chi connectivity index (χ0) is 18.7. The van der Waals surface area contributed by atoms with Crippen molar-refractivity contribution in [3.8, 4) is 0 Å². The summed E-state index contributed by atoms with van der Waals surface area (Å²) in [6.07, 6.45) is 7.35. The fourth-order valence-corrected chi connectivity index (χ4v) is 5.74. The number of H-pyrrole nitrogens is 1. The summed E-state index contributed by atoms with van der Waals surface area (Å²) in [7, 11) is 0. The van der Waals surface area contributed by atoms with E-state index in [-0.39, 0.29) is 11.7 Å². The predicted molar refractivity (Wildman–Crippen MR) is 110 cm³/mol. The van der Waals surface area contributed by atoms with E-state index in [0.717, 1.165) is 49.2 Å². The van der Waals surface area contributed by atoms with Crippen LogP contribution >= 0.6 is 0 Å². The topological polar surface area (TPSA) is 66.0 Å². The van der Waals surface area contributed by atoms with Crippen molar-refractivity contribution in [3.63, 3.8) is 0 Å². The number of pyridine rings is 1. The van der Waals surface area contributed by atoms with Gasteiger partial charge < -0.3 is 10.3 Å². The molecule has 3 aliphatic heterocycles. The van der Waals surface area contributed by atoms with Gasteiger partial charge in [0.1, 0.15) is 5.82 Å². The molecular weight excluding hydrogens is 350 g/mol. The van der Waals surface area contributed by atoms with Crippen LogP contribution in [0.15, 0.2) is 41.3 Å². The van der Waals surface area contributed by atoms with E-state index in [9.17, 15) is 4.79 Å². The number of aromatic amines is 1. The minimum Gasteiger partial charge on any atom is -0.369 e. The van der Waals surface area contributed by atoms with Crippen molar-refractivity contribution in [2.75, 3.05) is 11.9 Å². The van der Waals surface area contributed by atoms with E-state index in [1.54, 1.807) is 0 Å². The lowest BCUT2D eigenvalue weighted by Crippen LogP contribution is -2.44. The van der Waals surface area contributed by atoms with Crippen LogP contribution in [-0.2, 0) is 13.0 Å². The van der Waals surface area contributed by atoms with Crippen LogP contribution in [-0.4, -0.2) is 38.1 Å². The van der Waals surface area contributed by atoms with Crippen LogP contribution in [0.3, 0.4) is 0 Å². The molecule has 0 amide bonds. The van der Waals surface area contributed by atoms with Gasteiger partial charge in [-0.05, 0) is 37.7 Å². The summed E-state index contributed by atoms with van der Waals surface area (Å²) >= 11 is 0. The smallest absolute Gasteiger partial charge is 0.326 e. The van der Waals surface area contributed by atoms with Crippen molar-refractivity contribution >= 4 is 16.9 Å². The molecule has 0 radical (unpaired) electrons. The van der Waals surface area contributed by atoms with Crippen LogP contribution in [0.1, 0.15) is 42.9 Å². The molecule has 6 nitrogen and oxygen atoms in total. The van der Waals surface area contributed by atoms with E-state index in [1.165, 1.54) is 24.0 Å². The lowest BCUT2D eigenvalue weighted by molar-refractivity contribution is 0.0996. The van der Waals surface area contributed by atoms with Crippen molar-refractivity contribution in [1.29, 1.82) is 0 Å². The van der Waals surface area contributed by atoms with Gasteiger partial charge in [-0.25, -0.2) is 9.78 Å². The molecule has 3 atom stereocenters. The van der Waals surface area contributed by atoms with Crippen LogP contribution in [0.5, 0.6) is 0 Å². The third-order valence-electron chi connectivity index (χ3n) is 6.95. The number of nitrogens with zero attached hydrogens (tertiary/aromatic N) is 3. The van der Waals surface area contributed by atoms with Gasteiger partial charge in [0.2, 0.25) is 0 Å². The van der Waals surface area contributed by atoms with E-state index < -0.39 is 0 Å². The summed E-state index contributed by atoms with van der Waals surface area (Å²) in [6, 6.07) is 12.2. The van der Waals surface area contributed by atoms with Crippen LogP contribution < -0.4 is 11.0 Å². The molecule has 3 aliphatic rings. The number of piperidine rings is 1. The predicted octanol–water partition coefficient (Wildman–Crippen LogP) is 3.06. The Labute approximate surface area is 163 Å². The molecule has 0 aliphatic carbocycles. The Morgan fingerprint density at radius 3 is 2.64 bits per heavy atom. The van der Waals surface area contributed by atoms with Gasteiger partial charge in [-0.3, -0.25) is 9.47 Å². The number of anilines is 1. The van der Waals surface area contributed by atoms with Crippen LogP contribution in [0.2, 0.25) is 0 Å². The highest BCUT2D eigenvalue weighted by molar-refractivity contribution is 5.83. The van der Waals surface area contributed by atoms with Gasteiger partial charge in [-0.15, -0.1) is 0 Å². The second-order valence-corrected chi connectivity index (χ2v) is 8.49. The number of rotatable bonds is 3. The maximum absolute atomic E-state index is 12.9. The number of hydrogen-bond acceptors (Lipinski definition) is 4. The van der Waals surface area contributed by atoms with E-state index in [4.69, 9.17) is 0 Å². The minimum atomic E-state index is 0.0259. The molecule has 5 heterocycles. The van der Waals surface area contributed by atoms with Gasteiger partial charge in [-0.1, -0.05) is 30.3 Å². The minimum absolute atomic E-state index is 0.0259. The third kappa shape index (κ3) is 2.44. The Hall–Kier alpha value is -2.60. The fraction of sp³-hybridized carbons (Fsp3) is 0.455. The first kappa shape index (κ1) is 16.4. The molecule has 1 aromatic carbocycles. The average Bonchev–Trinajstić information content (AvgIpc) is 3.36. The second kappa shape index (κ2) is 6.21. The molecule has 28 heavy (non-hydrogen) atoms. The monoisotopic (exact) mass is 375 g/mol. The summed E-state index contributed by atoms with van der Waals surface area (Å²) < 4.78 is 2.06. The lowest BCUT2D eigenvalue weighted by atomic mass is 9.96. The van der Waals surface area contributed by atoms with Gasteiger partial charge >= 0.3 is 5.69 Å². The standard InChI is InChI=1S/C22H25N5O/c28-22-25-19-12-24-21-18(8-9-23-21)20(19)27(22)17-10-15-6-7-16(11-17)26(15)13-14-4-2-1-3-5-14/h1-5,12,15-17H,6-11,13H2,(H,23,24)(H,25,28)/t15-,16+,17+. The van der Waals surface area contributed by atoms with Crippen LogP contribution in [0, 0.1) is 0 Å². The highest BCUT2D eigenvalue weighted by atomic mass is 16.1. The first-order valence-corrected chi connectivity index (χ1v) is 10.4. The van der Waals surface area contributed by atoms with Crippen molar-refractivity contribution in [2.24, 2.45) is 0 Å². The highest BCUT2D eigenvalue weighted by Gasteiger charge is 2.42. The summed E-state index contributed by atoms with van der Waals surface area (Å²) in [4.78, 5) is 23.1. The van der Waals surface area contributed by atoms with E-state index in [1.807, 2.05) is 6.20 Å². The fourth-order valence-electron chi connectivity index (χ4n) is 5.74. The number of imidazole rings is 1. The summed E-state index contributed by atoms with van der Waals surface area (Å²) in [6.45, 7) is 1.93. The lowest BCUT2D eigenvalue weighted by Gasteiger charge is -2.39. The first-order chi connectivity index (χ1) is 13.8. The van der Waals surface area contributed by atoms with Gasteiger partial charge in [0, 0.05) is 36.8 Å². The first-order valence-electron chi connectivity index (χ1n) is 10.4. The molecule has 0 saturated carbocycles. The highest BCUT2D eigenvalue weighted by Crippen LogP contribution is 2.42. The van der Waals surface area contributed by atoms with Crippen LogP contribution in [0.25, 0.3) is 11.0 Å². The Kier molecular flexibility index (Phi) is 3.63. The summed E-state index contributed by atoms with van der Waals surface area (Å²) in [5, 5.41) is 3.35. The number of fused-ring (bicyclic) bond motifs is 5. The van der Waals surface area contributed by atoms with Crippen molar-refractivity contribution in [1.82, 2.24) is 19.4 Å². The van der Waals surface area contributed by atoms with Gasteiger partial charge in [-0.2, -0.15) is 0 Å². The molecule has 144 valence electrons. The van der Waals surface area contributed by atoms with Crippen molar-refractivity contribution in [3.05, 3.63) is 58.1 Å². The number of hydrogen-bond donors (Lipinski definition) is 2. The molecule has 2 fully saturated rings. The molecule has 2 aromatic heterocycles. The zero-order valence-electron chi connectivity index (χ0n) is 15.9. The zero-order valence-corrected chi connectivity index (χ0v) is 15.9. The molecule has 2 N–H and O–H groups in total. The molecule has 6 rings (SSSR count). The molecule has 6 heteroatoms. The van der Waals surface area contributed by atoms with Gasteiger partial charge in [0.05, 0.1) is 17.2 Å². The maximum Gasteiger partial charge on any atom is 0.326 e. The van der Waals surface area contributed by atoms with Crippen molar-refractivity contribution in [2.45, 2.75) is 56.8 Å². The molecule has 3 aromatic rings. The molecule has 0 unspecified atom stereocenters. The third-order valence-corrected chi connectivity index (χ3v) is 6.95. The van der Waals surface area contributed by atoms with E-state index in [0.29, 0.717) is 12.1 Å². The number of nitrogens with one attached hydrogen (secondary N) is 2. The second-order valence-electron chi connectivity index (χ2n) is 8.49. The molecule has 2 bridgehead atoms. The Morgan fingerprint density at radius 1 is 1.07 bits per heavy atom. The SMILES string of the molecule is O=c1[nH]c2cnc3c(c2n1[C@H]1C[C@H]2CC[C@@H](C1)N2Cc1ccccc1)CCN3. The Bertz CT molecular complexity index is 1070. The normalized spacial score (nSPS) is 26.5. The maximum atomic E-state index is 12.9. The number of aromatic nitrogens is 3. The van der Waals surface area contributed by atoms with Crippen molar-refractivity contribution < 1.29 is 0 Å². The molecule has 2 saturated heterocycles. The largest absolute Gasteiger partial charge is 0.369 e. The Morgan fingerprint density at radius 2 is 1.86 bits per heavy atom.